The molecule has 16 heavy (non-hydrogen) atoms. The molecule has 1 aliphatic heterocycles. The summed E-state index contributed by atoms with van der Waals surface area (Å²) in [5.74, 6) is 5.47. The van der Waals surface area contributed by atoms with Crippen molar-refractivity contribution in [3.05, 3.63) is 0 Å². The third-order valence-electron chi connectivity index (χ3n) is 3.37. The fourth-order valence-electron chi connectivity index (χ4n) is 2.19. The van der Waals surface area contributed by atoms with E-state index in [1.54, 1.807) is 0 Å². The third-order valence-corrected chi connectivity index (χ3v) is 4.23. The van der Waals surface area contributed by atoms with E-state index in [1.165, 1.54) is 25.9 Å². The molecule has 1 aliphatic rings. The number of rotatable bonds is 6. The van der Waals surface area contributed by atoms with Crippen LogP contribution in [0.25, 0.3) is 0 Å². The van der Waals surface area contributed by atoms with Crippen molar-refractivity contribution >= 4 is 11.8 Å². The smallest absolute Gasteiger partial charge is 0.0545 e. The van der Waals surface area contributed by atoms with Crippen molar-refractivity contribution in [2.75, 3.05) is 38.2 Å². The largest absolute Gasteiger partial charge is 0.313 e. The van der Waals surface area contributed by atoms with Crippen LogP contribution in [0.1, 0.15) is 19.8 Å². The summed E-state index contributed by atoms with van der Waals surface area (Å²) in [5.41, 5.74) is 0. The first-order chi connectivity index (χ1) is 7.74. The average molecular weight is 240 g/mol. The molecule has 0 aromatic carbocycles. The van der Waals surface area contributed by atoms with Gasteiger partial charge in [0, 0.05) is 18.3 Å². The molecule has 1 rings (SSSR count). The topological polar surface area (TPSA) is 15.3 Å². The summed E-state index contributed by atoms with van der Waals surface area (Å²) in [6, 6.07) is 0.653. The number of nitrogens with zero attached hydrogens (tertiary/aromatic N) is 1. The van der Waals surface area contributed by atoms with Crippen LogP contribution in [-0.2, 0) is 0 Å². The molecule has 0 aliphatic carbocycles. The minimum atomic E-state index is 0.653. The van der Waals surface area contributed by atoms with E-state index < -0.39 is 0 Å². The Kier molecular flexibility index (Phi) is 6.95. The Balaban J connectivity index is 2.06. The molecule has 1 unspecified atom stereocenters. The van der Waals surface area contributed by atoms with Gasteiger partial charge < -0.3 is 10.2 Å². The number of nitrogens with one attached hydrogen (secondary N) is 1. The molecule has 0 amide bonds. The minimum absolute atomic E-state index is 0.653. The van der Waals surface area contributed by atoms with Crippen molar-refractivity contribution in [2.24, 2.45) is 5.92 Å². The molecule has 0 aromatic heterocycles. The van der Waals surface area contributed by atoms with Crippen molar-refractivity contribution in [1.29, 1.82) is 0 Å². The number of hydrogen-bond donors (Lipinski definition) is 1. The van der Waals surface area contributed by atoms with E-state index in [4.69, 9.17) is 6.42 Å². The van der Waals surface area contributed by atoms with E-state index in [2.05, 4.69) is 30.1 Å². The van der Waals surface area contributed by atoms with Crippen LogP contribution < -0.4 is 5.32 Å². The van der Waals surface area contributed by atoms with Crippen molar-refractivity contribution in [2.45, 2.75) is 25.8 Å². The summed E-state index contributed by atoms with van der Waals surface area (Å²) >= 11 is 1.84. The van der Waals surface area contributed by atoms with Crippen molar-refractivity contribution in [3.63, 3.8) is 0 Å². The summed E-state index contributed by atoms with van der Waals surface area (Å²) in [6.45, 7) is 5.91. The van der Waals surface area contributed by atoms with Gasteiger partial charge >= 0.3 is 0 Å². The quantitative estimate of drug-likeness (QED) is 0.562. The molecule has 0 saturated carbocycles. The maximum Gasteiger partial charge on any atom is 0.0545 e. The first-order valence-corrected chi connectivity index (χ1v) is 7.32. The second-order valence-corrected chi connectivity index (χ2v) is 5.75. The average Bonchev–Trinajstić information content (AvgIpc) is 2.29. The predicted octanol–water partition coefficient (Wildman–Crippen LogP) is 1.67. The van der Waals surface area contributed by atoms with Crippen LogP contribution in [0.2, 0.25) is 0 Å². The summed E-state index contributed by atoms with van der Waals surface area (Å²) in [5, 5.41) is 3.62. The van der Waals surface area contributed by atoms with Gasteiger partial charge in [0.2, 0.25) is 0 Å². The van der Waals surface area contributed by atoms with Gasteiger partial charge in [-0.1, -0.05) is 5.92 Å². The van der Waals surface area contributed by atoms with Gasteiger partial charge in [0.05, 0.1) is 5.75 Å². The highest BCUT2D eigenvalue weighted by atomic mass is 32.2. The van der Waals surface area contributed by atoms with Gasteiger partial charge in [-0.05, 0) is 45.8 Å². The van der Waals surface area contributed by atoms with E-state index in [0.29, 0.717) is 6.04 Å². The van der Waals surface area contributed by atoms with E-state index in [-0.39, 0.29) is 0 Å². The summed E-state index contributed by atoms with van der Waals surface area (Å²) in [6.07, 6.45) is 7.88. The van der Waals surface area contributed by atoms with Crippen molar-refractivity contribution in [1.82, 2.24) is 10.2 Å². The zero-order valence-electron chi connectivity index (χ0n) is 10.5. The van der Waals surface area contributed by atoms with E-state index in [1.807, 2.05) is 11.8 Å². The third kappa shape index (κ3) is 5.25. The van der Waals surface area contributed by atoms with Crippen LogP contribution >= 0.6 is 11.8 Å². The lowest BCUT2D eigenvalue weighted by atomic mass is 9.90. The SMILES string of the molecule is C#CCSCCNC(C)C1CCN(C)CC1. The molecule has 0 aromatic rings. The maximum absolute atomic E-state index is 5.20. The van der Waals surface area contributed by atoms with Gasteiger partial charge in [0.15, 0.2) is 0 Å². The molecule has 1 saturated heterocycles. The molecule has 92 valence electrons. The van der Waals surface area contributed by atoms with Crippen LogP contribution in [0.5, 0.6) is 0 Å². The van der Waals surface area contributed by atoms with Gasteiger partial charge in [0.1, 0.15) is 0 Å². The number of likely N-dealkylation sites (tertiary alicyclic amines) is 1. The lowest BCUT2D eigenvalue weighted by molar-refractivity contribution is 0.191. The van der Waals surface area contributed by atoms with Gasteiger partial charge in [-0.2, -0.15) is 0 Å². The Morgan fingerprint density at radius 1 is 1.50 bits per heavy atom. The lowest BCUT2D eigenvalue weighted by Gasteiger charge is -2.33. The molecule has 0 bridgehead atoms. The molecule has 3 heteroatoms. The summed E-state index contributed by atoms with van der Waals surface area (Å²) < 4.78 is 0. The Hall–Kier alpha value is -0.170. The number of terminal acetylenes is 1. The normalized spacial score (nSPS) is 20.6. The van der Waals surface area contributed by atoms with Gasteiger partial charge in [-0.15, -0.1) is 18.2 Å². The fraction of sp³-hybridized carbons (Fsp3) is 0.846. The first kappa shape index (κ1) is 13.9. The summed E-state index contributed by atoms with van der Waals surface area (Å²) in [4.78, 5) is 2.42. The molecular formula is C13H24N2S. The molecule has 0 spiro atoms. The lowest BCUT2D eigenvalue weighted by Crippen LogP contribution is -2.41. The Morgan fingerprint density at radius 2 is 2.19 bits per heavy atom. The number of hydrogen-bond acceptors (Lipinski definition) is 3. The second kappa shape index (κ2) is 8.00. The van der Waals surface area contributed by atoms with Crippen LogP contribution in [0.3, 0.4) is 0 Å². The molecule has 2 nitrogen and oxygen atoms in total. The molecule has 1 heterocycles. The van der Waals surface area contributed by atoms with Crippen molar-refractivity contribution < 1.29 is 0 Å². The minimum Gasteiger partial charge on any atom is -0.313 e. The second-order valence-electron chi connectivity index (χ2n) is 4.64. The number of piperidine rings is 1. The van der Waals surface area contributed by atoms with Gasteiger partial charge in [-0.3, -0.25) is 0 Å². The highest BCUT2D eigenvalue weighted by molar-refractivity contribution is 7.99. The zero-order chi connectivity index (χ0) is 11.8. The summed E-state index contributed by atoms with van der Waals surface area (Å²) in [7, 11) is 2.21. The standard InChI is InChI=1S/C13H24N2S/c1-4-10-16-11-7-14-12(2)13-5-8-15(3)9-6-13/h1,12-14H,5-11H2,2-3H3. The van der Waals surface area contributed by atoms with Crippen LogP contribution in [-0.4, -0.2) is 49.1 Å². The maximum atomic E-state index is 5.20. The fourth-order valence-corrected chi connectivity index (χ4v) is 2.71. The molecule has 1 fully saturated rings. The number of thioether (sulfide) groups is 1. The van der Waals surface area contributed by atoms with Gasteiger partial charge in [0.25, 0.3) is 0 Å². The molecular weight excluding hydrogens is 216 g/mol. The zero-order valence-corrected chi connectivity index (χ0v) is 11.4. The molecule has 0 radical (unpaired) electrons. The Bertz CT molecular complexity index is 216. The first-order valence-electron chi connectivity index (χ1n) is 6.17. The molecule has 1 atom stereocenters. The van der Waals surface area contributed by atoms with Crippen LogP contribution in [0, 0.1) is 18.3 Å². The highest BCUT2D eigenvalue weighted by Crippen LogP contribution is 2.19. The van der Waals surface area contributed by atoms with Gasteiger partial charge in [-0.25, -0.2) is 0 Å². The molecule has 1 N–H and O–H groups in total. The van der Waals surface area contributed by atoms with Crippen molar-refractivity contribution in [3.8, 4) is 12.3 Å². The van der Waals surface area contributed by atoms with E-state index in [0.717, 1.165) is 24.0 Å². The van der Waals surface area contributed by atoms with Crippen LogP contribution in [0.4, 0.5) is 0 Å². The van der Waals surface area contributed by atoms with E-state index >= 15 is 0 Å². The van der Waals surface area contributed by atoms with E-state index in [9.17, 15) is 0 Å². The Morgan fingerprint density at radius 3 is 2.81 bits per heavy atom. The predicted molar refractivity (Wildman–Crippen MR) is 73.8 cm³/mol. The Labute approximate surface area is 105 Å². The monoisotopic (exact) mass is 240 g/mol. The highest BCUT2D eigenvalue weighted by Gasteiger charge is 2.21. The van der Waals surface area contributed by atoms with Crippen LogP contribution in [0.15, 0.2) is 0 Å².